The van der Waals surface area contributed by atoms with Gasteiger partial charge in [-0.1, -0.05) is 0 Å². The van der Waals surface area contributed by atoms with Gasteiger partial charge < -0.3 is 10.1 Å². The summed E-state index contributed by atoms with van der Waals surface area (Å²) < 4.78 is 5.34. The van der Waals surface area contributed by atoms with Gasteiger partial charge in [0.2, 0.25) is 0 Å². The van der Waals surface area contributed by atoms with E-state index >= 15 is 0 Å². The van der Waals surface area contributed by atoms with Gasteiger partial charge >= 0.3 is 0 Å². The number of hydrogen-bond acceptors (Lipinski definition) is 4. The monoisotopic (exact) mass is 268 g/mol. The number of ether oxygens (including phenoxy) is 1. The molecule has 0 aliphatic carbocycles. The molecule has 0 spiro atoms. The van der Waals surface area contributed by atoms with Gasteiger partial charge in [0.1, 0.15) is 0 Å². The highest BCUT2D eigenvalue weighted by Crippen LogP contribution is 2.20. The minimum atomic E-state index is 0.904. The first-order chi connectivity index (χ1) is 8.75. The molecule has 1 aliphatic heterocycles. The van der Waals surface area contributed by atoms with E-state index in [0.29, 0.717) is 0 Å². The largest absolute Gasteiger partial charge is 0.379 e. The molecule has 1 aromatic rings. The molecule has 1 aromatic heterocycles. The molecule has 1 fully saturated rings. The highest BCUT2D eigenvalue weighted by molar-refractivity contribution is 7.12. The molecule has 102 valence electrons. The van der Waals surface area contributed by atoms with Crippen molar-refractivity contribution < 1.29 is 4.74 Å². The second kappa shape index (κ2) is 7.24. The van der Waals surface area contributed by atoms with Crippen LogP contribution in [0.4, 0.5) is 0 Å². The summed E-state index contributed by atoms with van der Waals surface area (Å²) in [5.41, 5.74) is 1.42. The van der Waals surface area contributed by atoms with Crippen LogP contribution >= 0.6 is 11.3 Å². The number of nitrogens with zero attached hydrogens (tertiary/aromatic N) is 1. The summed E-state index contributed by atoms with van der Waals surface area (Å²) >= 11 is 1.91. The van der Waals surface area contributed by atoms with Gasteiger partial charge in [0.15, 0.2) is 0 Å². The van der Waals surface area contributed by atoms with E-state index in [4.69, 9.17) is 4.74 Å². The summed E-state index contributed by atoms with van der Waals surface area (Å²) in [5.74, 6) is 0. The van der Waals surface area contributed by atoms with Crippen molar-refractivity contribution in [1.82, 2.24) is 10.2 Å². The van der Waals surface area contributed by atoms with E-state index in [0.717, 1.165) is 39.4 Å². The summed E-state index contributed by atoms with van der Waals surface area (Å²) in [4.78, 5) is 5.39. The van der Waals surface area contributed by atoms with Crippen LogP contribution < -0.4 is 5.32 Å². The average Bonchev–Trinajstić information content (AvgIpc) is 2.70. The van der Waals surface area contributed by atoms with Crippen LogP contribution in [0, 0.1) is 13.8 Å². The molecule has 0 saturated carbocycles. The molecule has 0 unspecified atom stereocenters. The van der Waals surface area contributed by atoms with Crippen molar-refractivity contribution in [2.24, 2.45) is 0 Å². The number of aryl methyl sites for hydroxylation is 2. The summed E-state index contributed by atoms with van der Waals surface area (Å²) in [5, 5.41) is 3.53. The van der Waals surface area contributed by atoms with Crippen molar-refractivity contribution >= 4 is 11.3 Å². The predicted octanol–water partition coefficient (Wildman–Crippen LogP) is 2.18. The third-order valence-electron chi connectivity index (χ3n) is 3.45. The van der Waals surface area contributed by atoms with Gasteiger partial charge in [-0.05, 0) is 45.0 Å². The Kier molecular flexibility index (Phi) is 5.63. The fraction of sp³-hybridized carbons (Fsp3) is 0.714. The molecule has 0 radical (unpaired) electrons. The maximum atomic E-state index is 5.34. The molecule has 0 atom stereocenters. The van der Waals surface area contributed by atoms with Gasteiger partial charge in [-0.2, -0.15) is 0 Å². The fourth-order valence-electron chi connectivity index (χ4n) is 2.20. The van der Waals surface area contributed by atoms with Gasteiger partial charge in [0.25, 0.3) is 0 Å². The lowest BCUT2D eigenvalue weighted by Crippen LogP contribution is -2.37. The lowest BCUT2D eigenvalue weighted by atomic mass is 10.3. The maximum Gasteiger partial charge on any atom is 0.0594 e. The molecule has 0 amide bonds. The number of rotatable bonds is 6. The van der Waals surface area contributed by atoms with Crippen LogP contribution in [0.25, 0.3) is 0 Å². The Labute approximate surface area is 114 Å². The Balaban J connectivity index is 1.55. The van der Waals surface area contributed by atoms with Crippen LogP contribution in [0.1, 0.15) is 21.7 Å². The van der Waals surface area contributed by atoms with Crippen molar-refractivity contribution in [1.29, 1.82) is 0 Å². The Hall–Kier alpha value is -0.420. The topological polar surface area (TPSA) is 24.5 Å². The molecule has 2 rings (SSSR count). The summed E-state index contributed by atoms with van der Waals surface area (Å²) in [6.45, 7) is 11.7. The van der Waals surface area contributed by atoms with E-state index in [1.165, 1.54) is 28.3 Å². The third-order valence-corrected chi connectivity index (χ3v) is 4.60. The van der Waals surface area contributed by atoms with E-state index in [9.17, 15) is 0 Å². The smallest absolute Gasteiger partial charge is 0.0594 e. The molecule has 18 heavy (non-hydrogen) atoms. The van der Waals surface area contributed by atoms with Crippen LogP contribution in [0.15, 0.2) is 6.07 Å². The Morgan fingerprint density at radius 2 is 2.11 bits per heavy atom. The zero-order valence-electron chi connectivity index (χ0n) is 11.5. The van der Waals surface area contributed by atoms with E-state index in [2.05, 4.69) is 30.1 Å². The molecule has 4 heteroatoms. The molecule has 1 N–H and O–H groups in total. The van der Waals surface area contributed by atoms with Gasteiger partial charge in [0, 0.05) is 29.4 Å². The normalized spacial score (nSPS) is 17.2. The zero-order valence-corrected chi connectivity index (χ0v) is 12.3. The lowest BCUT2D eigenvalue weighted by molar-refractivity contribution is 0.0374. The van der Waals surface area contributed by atoms with Crippen molar-refractivity contribution in [2.75, 3.05) is 39.4 Å². The number of hydrogen-bond donors (Lipinski definition) is 1. The molecule has 0 bridgehead atoms. The molecule has 3 nitrogen and oxygen atoms in total. The summed E-state index contributed by atoms with van der Waals surface area (Å²) in [6, 6.07) is 2.30. The quantitative estimate of drug-likeness (QED) is 0.800. The first-order valence-corrected chi connectivity index (χ1v) is 7.64. The molecular weight excluding hydrogens is 244 g/mol. The van der Waals surface area contributed by atoms with Gasteiger partial charge in [-0.15, -0.1) is 11.3 Å². The highest BCUT2D eigenvalue weighted by atomic mass is 32.1. The fourth-order valence-corrected chi connectivity index (χ4v) is 3.22. The Morgan fingerprint density at radius 3 is 2.78 bits per heavy atom. The van der Waals surface area contributed by atoms with E-state index in [-0.39, 0.29) is 0 Å². The Morgan fingerprint density at radius 1 is 1.33 bits per heavy atom. The van der Waals surface area contributed by atoms with Crippen molar-refractivity contribution in [3.8, 4) is 0 Å². The first kappa shape index (κ1) is 14.0. The van der Waals surface area contributed by atoms with Gasteiger partial charge in [-0.3, -0.25) is 4.90 Å². The van der Waals surface area contributed by atoms with E-state index < -0.39 is 0 Å². The second-order valence-corrected chi connectivity index (χ2v) is 6.28. The van der Waals surface area contributed by atoms with Crippen LogP contribution in [-0.4, -0.2) is 44.3 Å². The number of nitrogens with one attached hydrogen (secondary N) is 1. The molecule has 1 aliphatic rings. The highest BCUT2D eigenvalue weighted by Gasteiger charge is 2.09. The number of thiophene rings is 1. The SMILES string of the molecule is Cc1cc(CNCCCN2CCOCC2)sc1C. The number of morpholine rings is 1. The molecule has 0 aromatic carbocycles. The minimum Gasteiger partial charge on any atom is -0.379 e. The Bertz CT molecular complexity index is 339. The molecule has 1 saturated heterocycles. The minimum absolute atomic E-state index is 0.904. The van der Waals surface area contributed by atoms with E-state index in [1.54, 1.807) is 0 Å². The van der Waals surface area contributed by atoms with Crippen molar-refractivity contribution in [2.45, 2.75) is 26.8 Å². The maximum absolute atomic E-state index is 5.34. The van der Waals surface area contributed by atoms with E-state index in [1.807, 2.05) is 11.3 Å². The van der Waals surface area contributed by atoms with Crippen molar-refractivity contribution in [3.05, 3.63) is 21.4 Å². The lowest BCUT2D eigenvalue weighted by Gasteiger charge is -2.26. The summed E-state index contributed by atoms with van der Waals surface area (Å²) in [6.07, 6.45) is 1.23. The molecular formula is C14H24N2OS. The van der Waals surface area contributed by atoms with Gasteiger partial charge in [-0.25, -0.2) is 0 Å². The average molecular weight is 268 g/mol. The zero-order chi connectivity index (χ0) is 12.8. The second-order valence-electron chi connectivity index (χ2n) is 4.94. The van der Waals surface area contributed by atoms with Crippen molar-refractivity contribution in [3.63, 3.8) is 0 Å². The van der Waals surface area contributed by atoms with Crippen LogP contribution in [-0.2, 0) is 11.3 Å². The predicted molar refractivity (Wildman–Crippen MR) is 77.4 cm³/mol. The van der Waals surface area contributed by atoms with Crippen LogP contribution in [0.3, 0.4) is 0 Å². The third kappa shape index (κ3) is 4.35. The molecule has 2 heterocycles. The van der Waals surface area contributed by atoms with Crippen LogP contribution in [0.2, 0.25) is 0 Å². The first-order valence-electron chi connectivity index (χ1n) is 6.82. The van der Waals surface area contributed by atoms with Crippen LogP contribution in [0.5, 0.6) is 0 Å². The van der Waals surface area contributed by atoms with Gasteiger partial charge in [0.05, 0.1) is 13.2 Å². The summed E-state index contributed by atoms with van der Waals surface area (Å²) in [7, 11) is 0. The standard InChI is InChI=1S/C14H24N2OS/c1-12-10-14(18-13(12)2)11-15-4-3-5-16-6-8-17-9-7-16/h10,15H,3-9,11H2,1-2H3.